The number of phenolic OH excluding ortho intramolecular Hbond substituents is 1. The lowest BCUT2D eigenvalue weighted by molar-refractivity contribution is 0.474. The second kappa shape index (κ2) is 10.7. The average Bonchev–Trinajstić information content (AvgIpc) is 2.84. The van der Waals surface area contributed by atoms with Crippen molar-refractivity contribution in [2.75, 3.05) is 0 Å². The summed E-state index contributed by atoms with van der Waals surface area (Å²) in [6.45, 7) is 6.26. The van der Waals surface area contributed by atoms with E-state index in [2.05, 4.69) is 118 Å². The van der Waals surface area contributed by atoms with E-state index in [1.54, 1.807) is 6.07 Å². The number of rotatable bonds is 6. The minimum absolute atomic E-state index is 0.263. The van der Waals surface area contributed by atoms with E-state index in [-0.39, 0.29) is 5.75 Å². The van der Waals surface area contributed by atoms with Crippen LogP contribution in [0.1, 0.15) is 50.1 Å². The molecule has 4 aromatic carbocycles. The van der Waals surface area contributed by atoms with Crippen LogP contribution in [0.3, 0.4) is 0 Å². The molecule has 0 bridgehead atoms. The largest absolute Gasteiger partial charge is 0.507 e. The Balaban J connectivity index is 1.76. The Bertz CT molecular complexity index is 1330. The molecule has 168 valence electrons. The molecular weight excluding hydrogens is 412 g/mol. The van der Waals surface area contributed by atoms with E-state index in [0.717, 1.165) is 33.4 Å². The predicted octanol–water partition coefficient (Wildman–Crippen LogP) is 8.83. The van der Waals surface area contributed by atoms with Crippen LogP contribution in [0.5, 0.6) is 5.75 Å². The van der Waals surface area contributed by atoms with Crippen molar-refractivity contribution >= 4 is 36.5 Å². The van der Waals surface area contributed by atoms with Gasteiger partial charge in [0.25, 0.3) is 0 Å². The third-order valence-corrected chi connectivity index (χ3v) is 5.87. The maximum Gasteiger partial charge on any atom is 0.123 e. The molecule has 34 heavy (non-hydrogen) atoms. The lowest BCUT2D eigenvalue weighted by atomic mass is 9.96. The van der Waals surface area contributed by atoms with Gasteiger partial charge in [-0.1, -0.05) is 132 Å². The van der Waals surface area contributed by atoms with E-state index in [1.165, 1.54) is 16.7 Å². The van der Waals surface area contributed by atoms with Gasteiger partial charge in [-0.2, -0.15) is 0 Å². The molecular formula is C33H30O. The second-order valence-electron chi connectivity index (χ2n) is 8.73. The molecule has 0 aliphatic rings. The van der Waals surface area contributed by atoms with Gasteiger partial charge >= 0.3 is 0 Å². The maximum atomic E-state index is 10.8. The second-order valence-corrected chi connectivity index (χ2v) is 8.73. The van der Waals surface area contributed by atoms with Crippen molar-refractivity contribution in [3.05, 3.63) is 135 Å². The van der Waals surface area contributed by atoms with Crippen molar-refractivity contribution in [1.82, 2.24) is 0 Å². The molecule has 0 heterocycles. The molecule has 0 atom stereocenters. The zero-order valence-corrected chi connectivity index (χ0v) is 20.0. The monoisotopic (exact) mass is 442 g/mol. The normalized spacial score (nSPS) is 11.7. The number of phenols is 1. The fourth-order valence-corrected chi connectivity index (χ4v) is 3.73. The zero-order chi connectivity index (χ0) is 23.9. The lowest BCUT2D eigenvalue weighted by Gasteiger charge is -2.10. The number of benzene rings is 4. The van der Waals surface area contributed by atoms with E-state index >= 15 is 0 Å². The highest BCUT2D eigenvalue weighted by Gasteiger charge is 2.08. The summed E-state index contributed by atoms with van der Waals surface area (Å²) >= 11 is 0. The average molecular weight is 443 g/mol. The molecule has 0 fully saturated rings. The predicted molar refractivity (Wildman–Crippen MR) is 148 cm³/mol. The Morgan fingerprint density at radius 2 is 0.794 bits per heavy atom. The Morgan fingerprint density at radius 1 is 0.412 bits per heavy atom. The summed E-state index contributed by atoms with van der Waals surface area (Å²) in [4.78, 5) is 0. The van der Waals surface area contributed by atoms with Crippen LogP contribution >= 0.6 is 0 Å². The summed E-state index contributed by atoms with van der Waals surface area (Å²) in [7, 11) is 0. The van der Waals surface area contributed by atoms with Crippen molar-refractivity contribution in [2.45, 2.75) is 20.8 Å². The van der Waals surface area contributed by atoms with Gasteiger partial charge in [-0.15, -0.1) is 0 Å². The van der Waals surface area contributed by atoms with Crippen LogP contribution in [0, 0.1) is 20.8 Å². The minimum atomic E-state index is 0.263. The number of hydrogen-bond acceptors (Lipinski definition) is 1. The van der Waals surface area contributed by atoms with E-state index < -0.39 is 0 Å². The Kier molecular flexibility index (Phi) is 7.25. The molecule has 0 saturated carbocycles. The maximum absolute atomic E-state index is 10.8. The molecule has 1 heteroatoms. The van der Waals surface area contributed by atoms with Crippen LogP contribution < -0.4 is 0 Å². The smallest absolute Gasteiger partial charge is 0.123 e. The van der Waals surface area contributed by atoms with Crippen LogP contribution in [0.25, 0.3) is 36.5 Å². The molecule has 0 saturated heterocycles. The minimum Gasteiger partial charge on any atom is -0.507 e. The fraction of sp³-hybridized carbons (Fsp3) is 0.0909. The van der Waals surface area contributed by atoms with Gasteiger partial charge in [0.2, 0.25) is 0 Å². The first-order valence-electron chi connectivity index (χ1n) is 11.6. The van der Waals surface area contributed by atoms with E-state index in [4.69, 9.17) is 0 Å². The standard InChI is InChI=1S/C33H30O/c1-24-4-10-27(11-5-24)16-19-30-20-23-33(34)32(22-18-29-14-8-26(3)9-15-29)31(30)21-17-28-12-6-25(2)7-13-28/h4-23,34H,1-3H3. The van der Waals surface area contributed by atoms with Crippen LogP contribution in [-0.4, -0.2) is 5.11 Å². The third kappa shape index (κ3) is 6.02. The highest BCUT2D eigenvalue weighted by molar-refractivity contribution is 5.87. The van der Waals surface area contributed by atoms with Crippen molar-refractivity contribution in [3.63, 3.8) is 0 Å². The molecule has 0 unspecified atom stereocenters. The van der Waals surface area contributed by atoms with Gasteiger partial charge in [0.1, 0.15) is 5.75 Å². The molecule has 0 amide bonds. The SMILES string of the molecule is Cc1ccc(C=Cc2ccc(O)c(C=Cc3ccc(C)cc3)c2C=Cc2ccc(C)cc2)cc1. The first kappa shape index (κ1) is 23.1. The van der Waals surface area contributed by atoms with Crippen LogP contribution in [0.4, 0.5) is 0 Å². The van der Waals surface area contributed by atoms with Crippen molar-refractivity contribution in [2.24, 2.45) is 0 Å². The highest BCUT2D eigenvalue weighted by Crippen LogP contribution is 2.30. The Hall–Kier alpha value is -4.10. The number of aromatic hydroxyl groups is 1. The summed E-state index contributed by atoms with van der Waals surface area (Å²) in [5.74, 6) is 0.263. The van der Waals surface area contributed by atoms with Gasteiger partial charge in [-0.05, 0) is 54.7 Å². The van der Waals surface area contributed by atoms with Gasteiger partial charge in [0.15, 0.2) is 0 Å². The Morgan fingerprint density at radius 3 is 1.24 bits per heavy atom. The highest BCUT2D eigenvalue weighted by atomic mass is 16.3. The van der Waals surface area contributed by atoms with Gasteiger partial charge in [0.05, 0.1) is 0 Å². The zero-order valence-electron chi connectivity index (χ0n) is 20.0. The summed E-state index contributed by atoms with van der Waals surface area (Å²) in [6.07, 6.45) is 12.5. The summed E-state index contributed by atoms with van der Waals surface area (Å²) in [5.41, 5.74) is 9.89. The van der Waals surface area contributed by atoms with Gasteiger partial charge in [-0.3, -0.25) is 0 Å². The third-order valence-electron chi connectivity index (χ3n) is 5.87. The molecule has 0 aliphatic carbocycles. The van der Waals surface area contributed by atoms with E-state index in [9.17, 15) is 5.11 Å². The van der Waals surface area contributed by atoms with Gasteiger partial charge in [0, 0.05) is 5.56 Å². The molecule has 0 radical (unpaired) electrons. The molecule has 4 rings (SSSR count). The van der Waals surface area contributed by atoms with Crippen molar-refractivity contribution < 1.29 is 5.11 Å². The Labute approximate surface area is 203 Å². The number of aryl methyl sites for hydroxylation is 3. The number of hydrogen-bond donors (Lipinski definition) is 1. The molecule has 0 aromatic heterocycles. The van der Waals surface area contributed by atoms with Crippen molar-refractivity contribution in [1.29, 1.82) is 0 Å². The molecule has 4 aromatic rings. The first-order chi connectivity index (χ1) is 16.5. The summed E-state index contributed by atoms with van der Waals surface area (Å²) in [6, 6.07) is 29.0. The summed E-state index contributed by atoms with van der Waals surface area (Å²) in [5, 5.41) is 10.8. The van der Waals surface area contributed by atoms with Crippen LogP contribution in [-0.2, 0) is 0 Å². The molecule has 0 aliphatic heterocycles. The molecule has 0 spiro atoms. The van der Waals surface area contributed by atoms with E-state index in [0.29, 0.717) is 0 Å². The fourth-order valence-electron chi connectivity index (χ4n) is 3.73. The summed E-state index contributed by atoms with van der Waals surface area (Å²) < 4.78 is 0. The van der Waals surface area contributed by atoms with Crippen molar-refractivity contribution in [3.8, 4) is 5.75 Å². The topological polar surface area (TPSA) is 20.2 Å². The first-order valence-corrected chi connectivity index (χ1v) is 11.6. The van der Waals surface area contributed by atoms with Gasteiger partial charge < -0.3 is 5.11 Å². The molecule has 1 nitrogen and oxygen atoms in total. The molecule has 1 N–H and O–H groups in total. The van der Waals surface area contributed by atoms with E-state index in [1.807, 2.05) is 18.2 Å². The van der Waals surface area contributed by atoms with Crippen LogP contribution in [0.15, 0.2) is 84.9 Å². The quantitative estimate of drug-likeness (QED) is 0.296. The van der Waals surface area contributed by atoms with Crippen LogP contribution in [0.2, 0.25) is 0 Å². The van der Waals surface area contributed by atoms with Gasteiger partial charge in [-0.25, -0.2) is 0 Å². The lowest BCUT2D eigenvalue weighted by Crippen LogP contribution is -1.88.